The zero-order valence-electron chi connectivity index (χ0n) is 14.8. The van der Waals surface area contributed by atoms with Crippen LogP contribution in [-0.2, 0) is 14.8 Å². The number of piperazine rings is 1. The quantitative estimate of drug-likeness (QED) is 0.740. The maximum atomic E-state index is 12.8. The lowest BCUT2D eigenvalue weighted by atomic mass is 10.0. The molecule has 1 aliphatic heterocycles. The van der Waals surface area contributed by atoms with Crippen molar-refractivity contribution in [2.75, 3.05) is 33.2 Å². The van der Waals surface area contributed by atoms with Crippen molar-refractivity contribution in [2.24, 2.45) is 5.92 Å². The fourth-order valence-corrected chi connectivity index (χ4v) is 3.95. The van der Waals surface area contributed by atoms with Gasteiger partial charge >= 0.3 is 0 Å². The number of pyridine rings is 1. The van der Waals surface area contributed by atoms with E-state index in [1.54, 1.807) is 4.90 Å². The van der Waals surface area contributed by atoms with Gasteiger partial charge in [0.1, 0.15) is 16.1 Å². The second-order valence-corrected chi connectivity index (χ2v) is 8.85. The number of sulfonamides is 1. The SMILES string of the molecule is CC(C)C[C@H](NS(=O)(=O)c1ccc(Cl)nc1)C(=O)N1CCN(C)CC1. The van der Waals surface area contributed by atoms with E-state index < -0.39 is 16.1 Å². The average molecular weight is 389 g/mol. The molecule has 1 amide bonds. The lowest BCUT2D eigenvalue weighted by Crippen LogP contribution is -2.54. The predicted molar refractivity (Wildman–Crippen MR) is 96.9 cm³/mol. The van der Waals surface area contributed by atoms with Crippen LogP contribution < -0.4 is 4.72 Å². The molecule has 0 unspecified atom stereocenters. The van der Waals surface area contributed by atoms with Crippen molar-refractivity contribution >= 4 is 27.5 Å². The van der Waals surface area contributed by atoms with Crippen molar-refractivity contribution < 1.29 is 13.2 Å². The van der Waals surface area contributed by atoms with E-state index in [1.165, 1.54) is 18.3 Å². The van der Waals surface area contributed by atoms with Crippen LogP contribution in [0, 0.1) is 5.92 Å². The molecule has 1 fully saturated rings. The van der Waals surface area contributed by atoms with Crippen molar-refractivity contribution in [2.45, 2.75) is 31.2 Å². The van der Waals surface area contributed by atoms with Gasteiger partial charge in [-0.2, -0.15) is 4.72 Å². The van der Waals surface area contributed by atoms with Crippen LogP contribution in [0.3, 0.4) is 0 Å². The lowest BCUT2D eigenvalue weighted by Gasteiger charge is -2.35. The number of amides is 1. The Kier molecular flexibility index (Phi) is 6.79. The molecule has 2 heterocycles. The van der Waals surface area contributed by atoms with Crippen molar-refractivity contribution in [1.29, 1.82) is 0 Å². The third-order valence-corrected chi connectivity index (χ3v) is 5.81. The lowest BCUT2D eigenvalue weighted by molar-refractivity contribution is -0.135. The topological polar surface area (TPSA) is 82.6 Å². The van der Waals surface area contributed by atoms with Gasteiger partial charge in [0.15, 0.2) is 0 Å². The minimum absolute atomic E-state index is 0.00293. The maximum Gasteiger partial charge on any atom is 0.242 e. The average Bonchev–Trinajstić information content (AvgIpc) is 2.54. The van der Waals surface area contributed by atoms with Crippen molar-refractivity contribution in [3.8, 4) is 0 Å². The number of aromatic nitrogens is 1. The highest BCUT2D eigenvalue weighted by molar-refractivity contribution is 7.89. The number of nitrogens with one attached hydrogen (secondary N) is 1. The molecule has 0 aromatic carbocycles. The van der Waals surface area contributed by atoms with Crippen molar-refractivity contribution in [3.63, 3.8) is 0 Å². The first-order chi connectivity index (χ1) is 11.7. The summed E-state index contributed by atoms with van der Waals surface area (Å²) in [4.78, 5) is 20.5. The van der Waals surface area contributed by atoms with Gasteiger partial charge in [0.25, 0.3) is 0 Å². The molecule has 1 aliphatic rings. The Morgan fingerprint density at radius 1 is 1.28 bits per heavy atom. The molecule has 0 saturated carbocycles. The number of carbonyl (C=O) groups is 1. The Morgan fingerprint density at radius 2 is 1.92 bits per heavy atom. The molecular formula is C16H25ClN4O3S. The summed E-state index contributed by atoms with van der Waals surface area (Å²) in [7, 11) is -1.84. The molecule has 1 aromatic rings. The molecule has 25 heavy (non-hydrogen) atoms. The third-order valence-electron chi connectivity index (χ3n) is 4.13. The summed E-state index contributed by atoms with van der Waals surface area (Å²) in [6, 6.07) is 2.00. The summed E-state index contributed by atoms with van der Waals surface area (Å²) in [5, 5.41) is 0.214. The fourth-order valence-electron chi connectivity index (χ4n) is 2.69. The fraction of sp³-hybridized carbons (Fsp3) is 0.625. The summed E-state index contributed by atoms with van der Waals surface area (Å²) in [6.45, 7) is 6.70. The Labute approximate surface area is 154 Å². The van der Waals surface area contributed by atoms with Crippen LogP contribution in [0.4, 0.5) is 0 Å². The van der Waals surface area contributed by atoms with E-state index in [-0.39, 0.29) is 21.9 Å². The third kappa shape index (κ3) is 5.64. The largest absolute Gasteiger partial charge is 0.339 e. The van der Waals surface area contributed by atoms with Gasteiger partial charge in [-0.3, -0.25) is 4.79 Å². The molecule has 9 heteroatoms. The number of hydrogen-bond acceptors (Lipinski definition) is 5. The highest BCUT2D eigenvalue weighted by Crippen LogP contribution is 2.15. The van der Waals surface area contributed by atoms with Crippen LogP contribution in [0.25, 0.3) is 0 Å². The van der Waals surface area contributed by atoms with E-state index in [4.69, 9.17) is 11.6 Å². The summed E-state index contributed by atoms with van der Waals surface area (Å²) >= 11 is 5.71. The van der Waals surface area contributed by atoms with Crippen molar-refractivity contribution in [1.82, 2.24) is 19.5 Å². The van der Waals surface area contributed by atoms with E-state index >= 15 is 0 Å². The zero-order valence-corrected chi connectivity index (χ0v) is 16.3. The van der Waals surface area contributed by atoms with Crippen LogP contribution in [0.15, 0.2) is 23.2 Å². The van der Waals surface area contributed by atoms with E-state index in [9.17, 15) is 13.2 Å². The summed E-state index contributed by atoms with van der Waals surface area (Å²) in [5.41, 5.74) is 0. The van der Waals surface area contributed by atoms with Gasteiger partial charge in [-0.25, -0.2) is 13.4 Å². The Balaban J connectivity index is 2.16. The highest BCUT2D eigenvalue weighted by Gasteiger charge is 2.31. The van der Waals surface area contributed by atoms with E-state index in [0.29, 0.717) is 19.5 Å². The number of rotatable bonds is 6. The smallest absolute Gasteiger partial charge is 0.242 e. The van der Waals surface area contributed by atoms with Gasteiger partial charge in [0.2, 0.25) is 15.9 Å². The molecule has 140 valence electrons. The molecule has 0 spiro atoms. The predicted octanol–water partition coefficient (Wildman–Crippen LogP) is 1.20. The molecule has 1 aromatic heterocycles. The van der Waals surface area contributed by atoms with Crippen molar-refractivity contribution in [3.05, 3.63) is 23.5 Å². The first-order valence-corrected chi connectivity index (χ1v) is 10.2. The van der Waals surface area contributed by atoms with Gasteiger partial charge in [-0.1, -0.05) is 25.4 Å². The molecule has 2 rings (SSSR count). The summed E-state index contributed by atoms with van der Waals surface area (Å²) in [5.74, 6) is -0.000227. The summed E-state index contributed by atoms with van der Waals surface area (Å²) < 4.78 is 27.8. The zero-order chi connectivity index (χ0) is 18.6. The molecule has 0 aliphatic carbocycles. The first kappa shape index (κ1) is 20.1. The minimum Gasteiger partial charge on any atom is -0.339 e. The standard InChI is InChI=1S/C16H25ClN4O3S/c1-12(2)10-14(16(22)21-8-6-20(3)7-9-21)19-25(23,24)13-4-5-15(17)18-11-13/h4-5,11-12,14,19H,6-10H2,1-3H3/t14-/m0/s1. The van der Waals surface area contributed by atoms with E-state index in [1.807, 2.05) is 20.9 Å². The number of hydrogen-bond donors (Lipinski definition) is 1. The number of carbonyl (C=O) groups excluding carboxylic acids is 1. The van der Waals surface area contributed by atoms with Gasteiger partial charge < -0.3 is 9.80 Å². The first-order valence-electron chi connectivity index (χ1n) is 8.30. The highest BCUT2D eigenvalue weighted by atomic mass is 35.5. The van der Waals surface area contributed by atoms with Gasteiger partial charge in [0, 0.05) is 32.4 Å². The Morgan fingerprint density at radius 3 is 2.44 bits per heavy atom. The van der Waals surface area contributed by atoms with Crippen LogP contribution in [0.1, 0.15) is 20.3 Å². The molecule has 1 saturated heterocycles. The summed E-state index contributed by atoms with van der Waals surface area (Å²) in [6.07, 6.45) is 1.63. The number of nitrogens with zero attached hydrogens (tertiary/aromatic N) is 3. The van der Waals surface area contributed by atoms with Crippen LogP contribution in [0.2, 0.25) is 5.15 Å². The molecule has 1 N–H and O–H groups in total. The van der Waals surface area contributed by atoms with Crippen LogP contribution >= 0.6 is 11.6 Å². The van der Waals surface area contributed by atoms with E-state index in [2.05, 4.69) is 14.6 Å². The van der Waals surface area contributed by atoms with Gasteiger partial charge in [0.05, 0.1) is 0 Å². The van der Waals surface area contributed by atoms with Crippen LogP contribution in [0.5, 0.6) is 0 Å². The van der Waals surface area contributed by atoms with Gasteiger partial charge in [-0.05, 0) is 31.5 Å². The molecule has 0 bridgehead atoms. The normalized spacial score (nSPS) is 17.7. The van der Waals surface area contributed by atoms with Gasteiger partial charge in [-0.15, -0.1) is 0 Å². The number of halogens is 1. The second kappa shape index (κ2) is 8.44. The number of likely N-dealkylation sites (N-methyl/N-ethyl adjacent to an activating group) is 1. The monoisotopic (exact) mass is 388 g/mol. The maximum absolute atomic E-state index is 12.8. The molecule has 7 nitrogen and oxygen atoms in total. The Hall–Kier alpha value is -1.22. The Bertz CT molecular complexity index is 686. The molecule has 0 radical (unpaired) electrons. The van der Waals surface area contributed by atoms with E-state index in [0.717, 1.165) is 13.1 Å². The second-order valence-electron chi connectivity index (χ2n) is 6.75. The molecule has 1 atom stereocenters. The van der Waals surface area contributed by atoms with Crippen LogP contribution in [-0.4, -0.2) is 68.4 Å². The minimum atomic E-state index is -3.85. The molecular weight excluding hydrogens is 364 g/mol.